The van der Waals surface area contributed by atoms with Crippen LogP contribution in [0.2, 0.25) is 0 Å². The van der Waals surface area contributed by atoms with E-state index in [9.17, 15) is 0 Å². The van der Waals surface area contributed by atoms with Crippen LogP contribution in [-0.2, 0) is 13.1 Å². The molecular formula is C15H20N4O. The van der Waals surface area contributed by atoms with Crippen molar-refractivity contribution in [2.75, 3.05) is 6.61 Å². The van der Waals surface area contributed by atoms with Gasteiger partial charge in [-0.2, -0.15) is 0 Å². The number of nitrogens with one attached hydrogen (secondary N) is 1. The summed E-state index contributed by atoms with van der Waals surface area (Å²) in [4.78, 5) is 0. The molecule has 0 bridgehead atoms. The zero-order chi connectivity index (χ0) is 13.6. The number of nitrogens with zero attached hydrogens (tertiary/aromatic N) is 3. The van der Waals surface area contributed by atoms with Crippen molar-refractivity contribution in [3.8, 4) is 5.75 Å². The van der Waals surface area contributed by atoms with E-state index in [1.165, 1.54) is 12.8 Å². The van der Waals surface area contributed by atoms with E-state index in [-0.39, 0.29) is 0 Å². The van der Waals surface area contributed by atoms with Gasteiger partial charge in [0.25, 0.3) is 0 Å². The van der Waals surface area contributed by atoms with Crippen LogP contribution in [0.5, 0.6) is 5.75 Å². The van der Waals surface area contributed by atoms with Gasteiger partial charge in [0, 0.05) is 31.7 Å². The van der Waals surface area contributed by atoms with Gasteiger partial charge < -0.3 is 10.1 Å². The second-order valence-corrected chi connectivity index (χ2v) is 5.14. The molecule has 0 radical (unpaired) electrons. The molecule has 106 valence electrons. The van der Waals surface area contributed by atoms with Gasteiger partial charge in [0.15, 0.2) is 0 Å². The van der Waals surface area contributed by atoms with Crippen molar-refractivity contribution >= 4 is 0 Å². The summed E-state index contributed by atoms with van der Waals surface area (Å²) in [5.41, 5.74) is 1.01. The van der Waals surface area contributed by atoms with E-state index >= 15 is 0 Å². The molecule has 2 aromatic rings. The molecule has 0 amide bonds. The van der Waals surface area contributed by atoms with Gasteiger partial charge >= 0.3 is 0 Å². The second-order valence-electron chi connectivity index (χ2n) is 5.14. The maximum Gasteiger partial charge on any atom is 0.119 e. The summed E-state index contributed by atoms with van der Waals surface area (Å²) in [7, 11) is 0. The van der Waals surface area contributed by atoms with Gasteiger partial charge in [0.05, 0.1) is 12.3 Å². The van der Waals surface area contributed by atoms with Crippen molar-refractivity contribution in [1.82, 2.24) is 20.3 Å². The van der Waals surface area contributed by atoms with Crippen molar-refractivity contribution in [1.29, 1.82) is 0 Å². The largest absolute Gasteiger partial charge is 0.494 e. The zero-order valence-electron chi connectivity index (χ0n) is 11.5. The fourth-order valence-electron chi connectivity index (χ4n) is 2.00. The van der Waals surface area contributed by atoms with Crippen LogP contribution in [-0.4, -0.2) is 27.6 Å². The van der Waals surface area contributed by atoms with E-state index in [2.05, 4.69) is 15.6 Å². The summed E-state index contributed by atoms with van der Waals surface area (Å²) in [5, 5.41) is 11.7. The molecule has 0 unspecified atom stereocenters. The van der Waals surface area contributed by atoms with Gasteiger partial charge in [-0.1, -0.05) is 23.4 Å². The SMILES string of the molecule is c1ccc(OCCCn2cc(CNC3CC3)nn2)cc1. The standard InChI is InChI=1S/C15H20N4O/c1-2-5-15(6-3-1)20-10-4-9-19-12-14(17-18-19)11-16-13-7-8-13/h1-3,5-6,12-13,16H,4,7-11H2. The normalized spacial score (nSPS) is 14.4. The first-order valence-corrected chi connectivity index (χ1v) is 7.20. The minimum absolute atomic E-state index is 0.694. The average molecular weight is 272 g/mol. The Morgan fingerprint density at radius 1 is 1.25 bits per heavy atom. The minimum atomic E-state index is 0.694. The van der Waals surface area contributed by atoms with Gasteiger partial charge in [0.2, 0.25) is 0 Å². The number of benzene rings is 1. The Balaban J connectivity index is 1.35. The number of para-hydroxylation sites is 1. The van der Waals surface area contributed by atoms with E-state index in [0.717, 1.165) is 31.0 Å². The summed E-state index contributed by atoms with van der Waals surface area (Å²) >= 11 is 0. The Hall–Kier alpha value is -1.88. The number of aryl methyl sites for hydroxylation is 1. The summed E-state index contributed by atoms with van der Waals surface area (Å²) in [6.45, 7) is 2.36. The van der Waals surface area contributed by atoms with Gasteiger partial charge in [-0.15, -0.1) is 5.10 Å². The quantitative estimate of drug-likeness (QED) is 0.747. The van der Waals surface area contributed by atoms with Crippen LogP contribution in [0.1, 0.15) is 25.0 Å². The minimum Gasteiger partial charge on any atom is -0.494 e. The van der Waals surface area contributed by atoms with Gasteiger partial charge in [-0.3, -0.25) is 4.68 Å². The summed E-state index contributed by atoms with van der Waals surface area (Å²) in [6.07, 6.45) is 5.53. The highest BCUT2D eigenvalue weighted by atomic mass is 16.5. The fraction of sp³-hybridized carbons (Fsp3) is 0.467. The second kappa shape index (κ2) is 6.52. The lowest BCUT2D eigenvalue weighted by Crippen LogP contribution is -2.15. The van der Waals surface area contributed by atoms with Crippen LogP contribution in [0.25, 0.3) is 0 Å². The molecule has 1 aromatic heterocycles. The fourth-order valence-corrected chi connectivity index (χ4v) is 2.00. The van der Waals surface area contributed by atoms with Crippen molar-refractivity contribution in [2.24, 2.45) is 0 Å². The van der Waals surface area contributed by atoms with E-state index in [1.807, 2.05) is 41.2 Å². The van der Waals surface area contributed by atoms with Gasteiger partial charge in [0.1, 0.15) is 5.75 Å². The van der Waals surface area contributed by atoms with Gasteiger partial charge in [-0.25, -0.2) is 0 Å². The number of ether oxygens (including phenoxy) is 1. The molecule has 5 heteroatoms. The first-order valence-electron chi connectivity index (χ1n) is 7.20. The van der Waals surface area contributed by atoms with Crippen LogP contribution < -0.4 is 10.1 Å². The summed E-state index contributed by atoms with van der Waals surface area (Å²) in [5.74, 6) is 0.917. The lowest BCUT2D eigenvalue weighted by molar-refractivity contribution is 0.298. The van der Waals surface area contributed by atoms with Crippen LogP contribution in [0, 0.1) is 0 Å². The van der Waals surface area contributed by atoms with E-state index in [0.29, 0.717) is 12.6 Å². The lowest BCUT2D eigenvalue weighted by Gasteiger charge is -2.05. The molecule has 3 rings (SSSR count). The van der Waals surface area contributed by atoms with Crippen molar-refractivity contribution in [2.45, 2.75) is 38.4 Å². The molecule has 1 N–H and O–H groups in total. The number of rotatable bonds is 8. The highest BCUT2D eigenvalue weighted by Crippen LogP contribution is 2.18. The Bertz CT molecular complexity index is 522. The van der Waals surface area contributed by atoms with Crippen LogP contribution >= 0.6 is 0 Å². The molecule has 1 aliphatic rings. The van der Waals surface area contributed by atoms with Crippen molar-refractivity contribution in [3.63, 3.8) is 0 Å². The number of aromatic nitrogens is 3. The molecule has 0 atom stereocenters. The third kappa shape index (κ3) is 4.06. The highest BCUT2D eigenvalue weighted by Gasteiger charge is 2.20. The van der Waals surface area contributed by atoms with Crippen LogP contribution in [0.15, 0.2) is 36.5 Å². The number of hydrogen-bond donors (Lipinski definition) is 1. The van der Waals surface area contributed by atoms with E-state index < -0.39 is 0 Å². The Morgan fingerprint density at radius 3 is 2.90 bits per heavy atom. The molecule has 5 nitrogen and oxygen atoms in total. The summed E-state index contributed by atoms with van der Waals surface area (Å²) < 4.78 is 7.54. The third-order valence-electron chi connectivity index (χ3n) is 3.28. The Labute approximate surface area is 118 Å². The maximum absolute atomic E-state index is 5.65. The predicted molar refractivity (Wildman–Crippen MR) is 76.4 cm³/mol. The monoisotopic (exact) mass is 272 g/mol. The van der Waals surface area contributed by atoms with E-state index in [4.69, 9.17) is 4.74 Å². The average Bonchev–Trinajstić information content (AvgIpc) is 3.21. The first-order chi connectivity index (χ1) is 9.90. The predicted octanol–water partition coefficient (Wildman–Crippen LogP) is 2.00. The van der Waals surface area contributed by atoms with Crippen LogP contribution in [0.3, 0.4) is 0 Å². The van der Waals surface area contributed by atoms with Crippen molar-refractivity contribution in [3.05, 3.63) is 42.2 Å². The highest BCUT2D eigenvalue weighted by molar-refractivity contribution is 5.20. The summed E-state index contributed by atoms with van der Waals surface area (Å²) in [6, 6.07) is 10.6. The lowest BCUT2D eigenvalue weighted by atomic mass is 10.3. The molecule has 0 spiro atoms. The molecule has 0 aliphatic heterocycles. The molecule has 1 heterocycles. The number of hydrogen-bond acceptors (Lipinski definition) is 4. The molecular weight excluding hydrogens is 252 g/mol. The maximum atomic E-state index is 5.65. The Morgan fingerprint density at radius 2 is 2.10 bits per heavy atom. The Kier molecular flexibility index (Phi) is 4.28. The zero-order valence-corrected chi connectivity index (χ0v) is 11.5. The molecule has 1 aromatic carbocycles. The topological polar surface area (TPSA) is 52.0 Å². The molecule has 1 aliphatic carbocycles. The van der Waals surface area contributed by atoms with Crippen LogP contribution in [0.4, 0.5) is 0 Å². The third-order valence-corrected chi connectivity index (χ3v) is 3.28. The van der Waals surface area contributed by atoms with Crippen molar-refractivity contribution < 1.29 is 4.74 Å². The molecule has 20 heavy (non-hydrogen) atoms. The smallest absolute Gasteiger partial charge is 0.119 e. The van der Waals surface area contributed by atoms with E-state index in [1.54, 1.807) is 0 Å². The first kappa shape index (κ1) is 13.1. The molecule has 1 saturated carbocycles. The molecule has 0 saturated heterocycles. The van der Waals surface area contributed by atoms with Gasteiger partial charge in [-0.05, 0) is 25.0 Å². The molecule has 1 fully saturated rings.